The van der Waals surface area contributed by atoms with Gasteiger partial charge >= 0.3 is 0 Å². The topological polar surface area (TPSA) is 50.5 Å². The van der Waals surface area contributed by atoms with Crippen molar-refractivity contribution >= 4 is 35.0 Å². The molecule has 2 heterocycles. The molecule has 0 fully saturated rings. The summed E-state index contributed by atoms with van der Waals surface area (Å²) in [6, 6.07) is 17.3. The normalized spacial score (nSPS) is 15.3. The van der Waals surface area contributed by atoms with Crippen LogP contribution in [0.5, 0.6) is 0 Å². The van der Waals surface area contributed by atoms with E-state index in [0.717, 1.165) is 17.0 Å². The van der Waals surface area contributed by atoms with Gasteiger partial charge in [-0.2, -0.15) is 15.2 Å². The number of amides is 1. The van der Waals surface area contributed by atoms with Crippen molar-refractivity contribution in [3.63, 3.8) is 0 Å². The van der Waals surface area contributed by atoms with E-state index < -0.39 is 0 Å². The number of benzene rings is 2. The first-order chi connectivity index (χ1) is 13.9. The molecule has 1 amide bonds. The number of aromatic nitrogens is 2. The van der Waals surface area contributed by atoms with Gasteiger partial charge in [-0.25, -0.2) is 0 Å². The number of carbonyl (C=O) groups is 1. The summed E-state index contributed by atoms with van der Waals surface area (Å²) in [4.78, 5) is 13.0. The van der Waals surface area contributed by atoms with Crippen LogP contribution >= 0.6 is 11.6 Å². The Morgan fingerprint density at radius 2 is 1.69 bits per heavy atom. The fraction of sp³-hybridized carbons (Fsp3) is 0.174. The summed E-state index contributed by atoms with van der Waals surface area (Å²) < 4.78 is 1.97. The average Bonchev–Trinajstić information content (AvgIpc) is 3.14. The summed E-state index contributed by atoms with van der Waals surface area (Å²) in [5, 5.41) is 11.2. The number of hydrogen-bond acceptors (Lipinski definition) is 3. The fourth-order valence-electron chi connectivity index (χ4n) is 3.42. The lowest BCUT2D eigenvalue weighted by Gasteiger charge is -2.11. The molecule has 146 valence electrons. The Balaban J connectivity index is 1.65. The maximum Gasteiger partial charge on any atom is 0.280 e. The number of aryl methyl sites for hydroxylation is 1. The first-order valence-electron chi connectivity index (χ1n) is 9.39. The van der Waals surface area contributed by atoms with E-state index in [1.54, 1.807) is 24.3 Å². The van der Waals surface area contributed by atoms with Gasteiger partial charge in [0.2, 0.25) is 0 Å². The second-order valence-corrected chi connectivity index (χ2v) is 7.50. The van der Waals surface area contributed by atoms with Gasteiger partial charge in [0.05, 0.1) is 29.2 Å². The van der Waals surface area contributed by atoms with Gasteiger partial charge in [0.15, 0.2) is 0 Å². The van der Waals surface area contributed by atoms with Crippen LogP contribution in [-0.4, -0.2) is 21.4 Å². The molecule has 1 aliphatic rings. The quantitative estimate of drug-likeness (QED) is 0.574. The highest BCUT2D eigenvalue weighted by Crippen LogP contribution is 2.27. The van der Waals surface area contributed by atoms with Crippen LogP contribution in [0.2, 0.25) is 5.02 Å². The van der Waals surface area contributed by atoms with Crippen molar-refractivity contribution in [3.05, 3.63) is 87.7 Å². The van der Waals surface area contributed by atoms with Crippen LogP contribution in [0.25, 0.3) is 6.08 Å². The fourth-order valence-corrected chi connectivity index (χ4v) is 3.54. The molecular weight excluding hydrogens is 384 g/mol. The molecule has 0 bridgehead atoms. The molecule has 2 aromatic carbocycles. The van der Waals surface area contributed by atoms with Gasteiger partial charge in [0, 0.05) is 16.3 Å². The van der Waals surface area contributed by atoms with Gasteiger partial charge in [0.25, 0.3) is 5.91 Å². The van der Waals surface area contributed by atoms with E-state index >= 15 is 0 Å². The maximum absolute atomic E-state index is 13.0. The standard InChI is InChI=1S/C23H21ClN4O/c1-15-21(17(3)27(25-15)14-18-7-5-4-6-8-18)13-22-16(2)26-28(23(22)29)20-11-9-19(24)10-12-20/h4-13H,14H2,1-3H3/b22-13+. The van der Waals surface area contributed by atoms with Gasteiger partial charge in [-0.15, -0.1) is 0 Å². The van der Waals surface area contributed by atoms with E-state index in [1.807, 2.05) is 49.7 Å². The van der Waals surface area contributed by atoms with Crippen molar-refractivity contribution in [1.29, 1.82) is 0 Å². The largest absolute Gasteiger partial charge is 0.280 e. The summed E-state index contributed by atoms with van der Waals surface area (Å²) in [6.07, 6.45) is 1.90. The molecular formula is C23H21ClN4O. The Morgan fingerprint density at radius 1 is 1.00 bits per heavy atom. The van der Waals surface area contributed by atoms with Crippen molar-refractivity contribution in [2.24, 2.45) is 5.10 Å². The van der Waals surface area contributed by atoms with E-state index in [-0.39, 0.29) is 5.91 Å². The van der Waals surface area contributed by atoms with Crippen LogP contribution in [0.3, 0.4) is 0 Å². The van der Waals surface area contributed by atoms with Crippen LogP contribution in [0, 0.1) is 13.8 Å². The Labute approximate surface area is 174 Å². The molecule has 0 unspecified atom stereocenters. The minimum absolute atomic E-state index is 0.153. The molecule has 0 radical (unpaired) electrons. The molecule has 0 aliphatic carbocycles. The lowest BCUT2D eigenvalue weighted by atomic mass is 10.1. The molecule has 1 aliphatic heterocycles. The molecule has 3 aromatic rings. The van der Waals surface area contributed by atoms with Crippen molar-refractivity contribution in [1.82, 2.24) is 9.78 Å². The summed E-state index contributed by atoms with van der Waals surface area (Å²) in [5.74, 6) is -0.153. The Morgan fingerprint density at radius 3 is 2.38 bits per heavy atom. The number of halogens is 1. The highest BCUT2D eigenvalue weighted by Gasteiger charge is 2.29. The lowest BCUT2D eigenvalue weighted by Crippen LogP contribution is -2.21. The smallest absolute Gasteiger partial charge is 0.267 e. The van der Waals surface area contributed by atoms with Gasteiger partial charge in [-0.3, -0.25) is 9.48 Å². The summed E-state index contributed by atoms with van der Waals surface area (Å²) >= 11 is 5.95. The number of carbonyl (C=O) groups excluding carboxylic acids is 1. The Kier molecular flexibility index (Phi) is 5.07. The van der Waals surface area contributed by atoms with Crippen LogP contribution in [0.15, 0.2) is 65.3 Å². The Hall–Kier alpha value is -3.18. The van der Waals surface area contributed by atoms with Crippen LogP contribution in [0.1, 0.15) is 29.4 Å². The predicted octanol–water partition coefficient (Wildman–Crippen LogP) is 5.01. The van der Waals surface area contributed by atoms with Crippen molar-refractivity contribution in [3.8, 4) is 0 Å². The van der Waals surface area contributed by atoms with E-state index in [0.29, 0.717) is 28.5 Å². The zero-order valence-corrected chi connectivity index (χ0v) is 17.3. The zero-order chi connectivity index (χ0) is 20.5. The average molecular weight is 405 g/mol. The minimum atomic E-state index is -0.153. The zero-order valence-electron chi connectivity index (χ0n) is 16.6. The van der Waals surface area contributed by atoms with Crippen LogP contribution < -0.4 is 5.01 Å². The first kappa shape index (κ1) is 19.2. The maximum atomic E-state index is 13.0. The Bertz CT molecular complexity index is 1130. The van der Waals surface area contributed by atoms with E-state index in [2.05, 4.69) is 22.3 Å². The van der Waals surface area contributed by atoms with Crippen molar-refractivity contribution < 1.29 is 4.79 Å². The van der Waals surface area contributed by atoms with Crippen molar-refractivity contribution in [2.75, 3.05) is 5.01 Å². The molecule has 4 rings (SSSR count). The van der Waals surface area contributed by atoms with Gasteiger partial charge in [0.1, 0.15) is 0 Å². The third kappa shape index (κ3) is 3.74. The lowest BCUT2D eigenvalue weighted by molar-refractivity contribution is -0.114. The second-order valence-electron chi connectivity index (χ2n) is 7.06. The number of hydrogen-bond donors (Lipinski definition) is 0. The SMILES string of the molecule is CC1=NN(c2ccc(Cl)cc2)C(=O)/C1=C/c1c(C)nn(Cc2ccccc2)c1C. The van der Waals surface area contributed by atoms with Gasteiger partial charge < -0.3 is 0 Å². The monoisotopic (exact) mass is 404 g/mol. The van der Waals surface area contributed by atoms with Gasteiger partial charge in [-0.05, 0) is 56.7 Å². The third-order valence-electron chi connectivity index (χ3n) is 5.04. The van der Waals surface area contributed by atoms with Gasteiger partial charge in [-0.1, -0.05) is 41.9 Å². The van der Waals surface area contributed by atoms with E-state index in [4.69, 9.17) is 11.6 Å². The van der Waals surface area contributed by atoms with Crippen LogP contribution in [-0.2, 0) is 11.3 Å². The third-order valence-corrected chi connectivity index (χ3v) is 5.29. The van der Waals surface area contributed by atoms with E-state index in [1.165, 1.54) is 10.6 Å². The molecule has 5 nitrogen and oxygen atoms in total. The summed E-state index contributed by atoms with van der Waals surface area (Å²) in [6.45, 7) is 6.52. The number of anilines is 1. The highest BCUT2D eigenvalue weighted by molar-refractivity contribution is 6.32. The minimum Gasteiger partial charge on any atom is -0.267 e. The van der Waals surface area contributed by atoms with Crippen LogP contribution in [0.4, 0.5) is 5.69 Å². The van der Waals surface area contributed by atoms with E-state index in [9.17, 15) is 4.79 Å². The second kappa shape index (κ2) is 7.68. The predicted molar refractivity (Wildman–Crippen MR) is 117 cm³/mol. The molecule has 0 saturated carbocycles. The molecule has 0 atom stereocenters. The number of rotatable bonds is 4. The number of nitrogens with zero attached hydrogens (tertiary/aromatic N) is 4. The summed E-state index contributed by atoms with van der Waals surface area (Å²) in [5.41, 5.74) is 5.99. The number of hydrazone groups is 1. The summed E-state index contributed by atoms with van der Waals surface area (Å²) in [7, 11) is 0. The molecule has 29 heavy (non-hydrogen) atoms. The first-order valence-corrected chi connectivity index (χ1v) is 9.77. The molecule has 6 heteroatoms. The molecule has 1 aromatic heterocycles. The van der Waals surface area contributed by atoms with Crippen molar-refractivity contribution in [2.45, 2.75) is 27.3 Å². The molecule has 0 N–H and O–H groups in total. The molecule has 0 spiro atoms. The highest BCUT2D eigenvalue weighted by atomic mass is 35.5. The molecule has 0 saturated heterocycles.